The number of fused-ring (bicyclic) bond motifs is 10. The Morgan fingerprint density at radius 2 is 0.529 bits per heavy atom. The van der Waals surface area contributed by atoms with Crippen LogP contribution in [0.1, 0.15) is 72.2 Å². The Balaban J connectivity index is 0.990. The molecule has 0 saturated carbocycles. The van der Waals surface area contributed by atoms with Crippen molar-refractivity contribution in [3.05, 3.63) is 226 Å². The van der Waals surface area contributed by atoms with Crippen LogP contribution in [0.5, 0.6) is 0 Å². The Kier molecular flexibility index (Phi) is 8.67. The maximum Gasteiger partial charge on any atom is 0.0159 e. The molecule has 0 heterocycles. The fourth-order valence-corrected chi connectivity index (χ4v) is 12.6. The molecule has 68 heavy (non-hydrogen) atoms. The average Bonchev–Trinajstić information content (AvgIpc) is 3.72. The minimum Gasteiger partial charge on any atom is -0.0622 e. The molecule has 326 valence electrons. The summed E-state index contributed by atoms with van der Waals surface area (Å²) < 4.78 is 0. The lowest BCUT2D eigenvalue weighted by Gasteiger charge is -2.25. The topological polar surface area (TPSA) is 0 Å². The van der Waals surface area contributed by atoms with E-state index in [1.54, 1.807) is 0 Å². The molecule has 0 aliphatic heterocycles. The Bertz CT molecular complexity index is 3990. The van der Waals surface area contributed by atoms with E-state index in [4.69, 9.17) is 0 Å². The fraction of sp³-hybridized carbons (Fsp3) is 0.147. The van der Waals surface area contributed by atoms with Crippen molar-refractivity contribution in [1.82, 2.24) is 0 Å². The van der Waals surface area contributed by atoms with Crippen LogP contribution in [-0.4, -0.2) is 0 Å². The second-order valence-corrected chi connectivity index (χ2v) is 21.0. The van der Waals surface area contributed by atoms with Crippen molar-refractivity contribution in [3.8, 4) is 66.8 Å². The lowest BCUT2D eigenvalue weighted by molar-refractivity contribution is 0.660. The van der Waals surface area contributed by atoms with Crippen LogP contribution in [0.2, 0.25) is 0 Å². The number of rotatable bonds is 4. The van der Waals surface area contributed by atoms with Gasteiger partial charge in [0, 0.05) is 10.8 Å². The number of aryl methyl sites for hydroxylation is 4. The molecule has 0 saturated heterocycles. The first-order valence-electron chi connectivity index (χ1n) is 24.4. The van der Waals surface area contributed by atoms with Gasteiger partial charge in [-0.3, -0.25) is 0 Å². The molecule has 0 fully saturated rings. The van der Waals surface area contributed by atoms with Gasteiger partial charge in [-0.1, -0.05) is 191 Å². The third kappa shape index (κ3) is 5.67. The van der Waals surface area contributed by atoms with Crippen LogP contribution in [0.15, 0.2) is 182 Å². The molecule has 0 N–H and O–H groups in total. The van der Waals surface area contributed by atoms with E-state index < -0.39 is 0 Å². The summed E-state index contributed by atoms with van der Waals surface area (Å²) in [4.78, 5) is 0. The normalized spacial score (nSPS) is 14.1. The van der Waals surface area contributed by atoms with Crippen LogP contribution in [0.25, 0.3) is 110 Å². The quantitative estimate of drug-likeness (QED) is 0.155. The molecule has 0 heteroatoms. The maximum atomic E-state index is 2.53. The molecule has 2 aliphatic carbocycles. The molecule has 0 nitrogen and oxygen atoms in total. The Hall–Kier alpha value is -7.54. The molecule has 0 spiro atoms. The smallest absolute Gasteiger partial charge is 0.0159 e. The SMILES string of the molecule is Cc1cc2c(-c3ccccc3)c3ccccc3c(-c3ccc4c(c3)C(C)(C)c3cc(-c5c6ccccc6c(-c6ccc7c(c6)C(C)(C)c6ccccc6-7)c6cc(C)c(C)cc56)ccc3-4)c2cc1C. The molecule has 11 aromatic carbocycles. The molecule has 0 unspecified atom stereocenters. The van der Waals surface area contributed by atoms with Gasteiger partial charge >= 0.3 is 0 Å². The lowest BCUT2D eigenvalue weighted by atomic mass is 9.78. The predicted molar refractivity (Wildman–Crippen MR) is 292 cm³/mol. The molecule has 11 aromatic rings. The van der Waals surface area contributed by atoms with Gasteiger partial charge in [-0.25, -0.2) is 0 Å². The van der Waals surface area contributed by atoms with E-state index in [2.05, 4.69) is 237 Å². The second-order valence-electron chi connectivity index (χ2n) is 21.0. The summed E-state index contributed by atoms with van der Waals surface area (Å²) in [6.45, 7) is 18.7. The average molecular weight is 871 g/mol. The van der Waals surface area contributed by atoms with E-state index in [1.165, 1.54) is 154 Å². The highest BCUT2D eigenvalue weighted by Crippen LogP contribution is 2.55. The number of hydrogen-bond donors (Lipinski definition) is 0. The highest BCUT2D eigenvalue weighted by molar-refractivity contribution is 6.23. The van der Waals surface area contributed by atoms with Crippen LogP contribution >= 0.6 is 0 Å². The molecular weight excluding hydrogens is 817 g/mol. The number of hydrogen-bond acceptors (Lipinski definition) is 0. The van der Waals surface area contributed by atoms with Crippen molar-refractivity contribution in [2.75, 3.05) is 0 Å². The molecule has 13 rings (SSSR count). The maximum absolute atomic E-state index is 2.53. The van der Waals surface area contributed by atoms with E-state index in [0.29, 0.717) is 0 Å². The van der Waals surface area contributed by atoms with Gasteiger partial charge in [0.05, 0.1) is 0 Å². The van der Waals surface area contributed by atoms with Gasteiger partial charge in [0.1, 0.15) is 0 Å². The standard InChI is InChI=1S/C68H54/c1-39-32-55-56(33-40(39)2)64(52-22-13-12-21-51(52)63(55)43-18-10-9-11-19-43)45-27-30-49-50-31-28-46(38-62(50)68(7,8)61(49)37-45)66-54-24-15-14-23-53(54)65(57-34-41(3)42(4)35-58(57)66)44-26-29-48-47-20-16-17-25-59(47)67(5,6)60(48)36-44/h9-38H,1-8H3. The first-order valence-corrected chi connectivity index (χ1v) is 24.4. The van der Waals surface area contributed by atoms with Crippen molar-refractivity contribution < 1.29 is 0 Å². The predicted octanol–water partition coefficient (Wildman–Crippen LogP) is 18.8. The van der Waals surface area contributed by atoms with Crippen LogP contribution in [0.4, 0.5) is 0 Å². The zero-order valence-electron chi connectivity index (χ0n) is 40.3. The van der Waals surface area contributed by atoms with E-state index in [-0.39, 0.29) is 10.8 Å². The van der Waals surface area contributed by atoms with Crippen molar-refractivity contribution in [1.29, 1.82) is 0 Å². The summed E-state index contributed by atoms with van der Waals surface area (Å²) >= 11 is 0. The van der Waals surface area contributed by atoms with Crippen LogP contribution in [0.3, 0.4) is 0 Å². The van der Waals surface area contributed by atoms with Gasteiger partial charge in [0.15, 0.2) is 0 Å². The zero-order chi connectivity index (χ0) is 46.4. The summed E-state index contributed by atoms with van der Waals surface area (Å²) in [5.41, 5.74) is 26.2. The third-order valence-corrected chi connectivity index (χ3v) is 16.5. The van der Waals surface area contributed by atoms with Crippen molar-refractivity contribution >= 4 is 43.1 Å². The van der Waals surface area contributed by atoms with Gasteiger partial charge in [-0.15, -0.1) is 0 Å². The molecule has 0 bridgehead atoms. The summed E-state index contributed by atoms with van der Waals surface area (Å²) in [6.07, 6.45) is 0. The first-order chi connectivity index (χ1) is 32.9. The molecule has 0 radical (unpaired) electrons. The fourth-order valence-electron chi connectivity index (χ4n) is 12.6. The van der Waals surface area contributed by atoms with Crippen LogP contribution < -0.4 is 0 Å². The largest absolute Gasteiger partial charge is 0.0622 e. The summed E-state index contributed by atoms with van der Waals surface area (Å²) in [6, 6.07) is 69.8. The third-order valence-electron chi connectivity index (χ3n) is 16.5. The number of benzene rings is 11. The van der Waals surface area contributed by atoms with Crippen LogP contribution in [0, 0.1) is 27.7 Å². The Morgan fingerprint density at radius 1 is 0.235 bits per heavy atom. The molecule has 2 aliphatic rings. The Morgan fingerprint density at radius 3 is 0.912 bits per heavy atom. The van der Waals surface area contributed by atoms with Gasteiger partial charge < -0.3 is 0 Å². The highest BCUT2D eigenvalue weighted by atomic mass is 14.4. The van der Waals surface area contributed by atoms with Crippen LogP contribution in [-0.2, 0) is 10.8 Å². The molecular formula is C68H54. The monoisotopic (exact) mass is 870 g/mol. The first kappa shape index (κ1) is 40.7. The minimum absolute atomic E-state index is 0.0811. The van der Waals surface area contributed by atoms with Crippen molar-refractivity contribution in [2.45, 2.75) is 66.2 Å². The molecule has 0 amide bonds. The minimum atomic E-state index is -0.231. The second kappa shape index (κ2) is 14.5. The van der Waals surface area contributed by atoms with Crippen molar-refractivity contribution in [2.24, 2.45) is 0 Å². The molecule has 0 aromatic heterocycles. The van der Waals surface area contributed by atoms with Crippen molar-refractivity contribution in [3.63, 3.8) is 0 Å². The van der Waals surface area contributed by atoms with Gasteiger partial charge in [0.2, 0.25) is 0 Å². The van der Waals surface area contributed by atoms with E-state index in [9.17, 15) is 0 Å². The van der Waals surface area contributed by atoms with E-state index in [0.717, 1.165) is 0 Å². The van der Waals surface area contributed by atoms with Gasteiger partial charge in [0.25, 0.3) is 0 Å². The lowest BCUT2D eigenvalue weighted by Crippen LogP contribution is -2.15. The summed E-state index contributed by atoms with van der Waals surface area (Å²) in [7, 11) is 0. The van der Waals surface area contributed by atoms with Gasteiger partial charge in [-0.05, 0) is 200 Å². The summed E-state index contributed by atoms with van der Waals surface area (Å²) in [5, 5.41) is 10.4. The Labute approximate surface area is 400 Å². The molecule has 0 atom stereocenters. The highest BCUT2D eigenvalue weighted by Gasteiger charge is 2.38. The van der Waals surface area contributed by atoms with E-state index >= 15 is 0 Å². The van der Waals surface area contributed by atoms with Gasteiger partial charge in [-0.2, -0.15) is 0 Å². The van der Waals surface area contributed by atoms with E-state index in [1.807, 2.05) is 0 Å². The summed E-state index contributed by atoms with van der Waals surface area (Å²) in [5.74, 6) is 0. The zero-order valence-corrected chi connectivity index (χ0v) is 40.3.